The Bertz CT molecular complexity index is 933. The van der Waals surface area contributed by atoms with E-state index in [-0.39, 0.29) is 17.7 Å². The maximum absolute atomic E-state index is 12.3. The lowest BCUT2D eigenvalue weighted by molar-refractivity contribution is -0.122. The fraction of sp³-hybridized carbons (Fsp3) is 0.211. The first-order valence-electron chi connectivity index (χ1n) is 7.73. The summed E-state index contributed by atoms with van der Waals surface area (Å²) in [4.78, 5) is 30.2. The van der Waals surface area contributed by atoms with Crippen molar-refractivity contribution in [3.8, 4) is 18.2 Å². The number of pyridine rings is 1. The Kier molecular flexibility index (Phi) is 4.51. The number of hydrogen-bond acceptors (Lipinski definition) is 4. The quantitative estimate of drug-likeness (QED) is 0.628. The van der Waals surface area contributed by atoms with Crippen LogP contribution in [0.15, 0.2) is 29.3 Å². The number of amides is 2. The van der Waals surface area contributed by atoms with Gasteiger partial charge >= 0.3 is 0 Å². The highest BCUT2D eigenvalue weighted by atomic mass is 32.2. The van der Waals surface area contributed by atoms with Gasteiger partial charge in [-0.3, -0.25) is 14.5 Å². The average Bonchev–Trinajstić information content (AvgIpc) is 3.00. The summed E-state index contributed by atoms with van der Waals surface area (Å²) in [5, 5.41) is -0.330. The van der Waals surface area contributed by atoms with Gasteiger partial charge in [-0.1, -0.05) is 12.0 Å². The first-order chi connectivity index (χ1) is 11.9. The van der Waals surface area contributed by atoms with Gasteiger partial charge in [-0.2, -0.15) is 0 Å². The highest BCUT2D eigenvalue weighted by Crippen LogP contribution is 2.33. The van der Waals surface area contributed by atoms with E-state index in [0.717, 1.165) is 45.0 Å². The van der Waals surface area contributed by atoms with Crippen molar-refractivity contribution in [1.82, 2.24) is 14.5 Å². The van der Waals surface area contributed by atoms with Crippen LogP contribution in [0, 0.1) is 33.1 Å². The zero-order valence-electron chi connectivity index (χ0n) is 14.2. The van der Waals surface area contributed by atoms with Crippen LogP contribution < -0.4 is 0 Å². The Labute approximate surface area is 150 Å². The van der Waals surface area contributed by atoms with Crippen molar-refractivity contribution in [1.29, 1.82) is 0 Å². The molecule has 25 heavy (non-hydrogen) atoms. The van der Waals surface area contributed by atoms with Gasteiger partial charge in [0.05, 0.1) is 11.4 Å². The van der Waals surface area contributed by atoms with E-state index in [4.69, 9.17) is 6.42 Å². The molecule has 0 spiro atoms. The van der Waals surface area contributed by atoms with E-state index in [2.05, 4.69) is 10.9 Å². The van der Waals surface area contributed by atoms with E-state index in [0.29, 0.717) is 4.91 Å². The number of thioether (sulfide) groups is 1. The lowest BCUT2D eigenvalue weighted by Crippen LogP contribution is -2.28. The number of nitrogens with zero attached hydrogens (tertiary/aromatic N) is 3. The molecule has 126 valence electrons. The zero-order valence-corrected chi connectivity index (χ0v) is 15.1. The minimum Gasteiger partial charge on any atom is -0.303 e. The molecule has 0 radical (unpaired) electrons. The molecule has 0 aromatic carbocycles. The molecular formula is C19H17N3O2S. The molecule has 0 bridgehead atoms. The van der Waals surface area contributed by atoms with Crippen LogP contribution in [0.25, 0.3) is 11.9 Å². The van der Waals surface area contributed by atoms with E-state index in [1.54, 1.807) is 6.08 Å². The normalized spacial score (nSPS) is 15.9. The van der Waals surface area contributed by atoms with Gasteiger partial charge < -0.3 is 4.57 Å². The summed E-state index contributed by atoms with van der Waals surface area (Å²) in [6.07, 6.45) is 8.78. The van der Waals surface area contributed by atoms with Gasteiger partial charge in [-0.25, -0.2) is 4.98 Å². The number of terminal acetylenes is 1. The second-order valence-corrected chi connectivity index (χ2v) is 6.82. The van der Waals surface area contributed by atoms with Gasteiger partial charge in [0.1, 0.15) is 5.82 Å². The largest absolute Gasteiger partial charge is 0.303 e. The van der Waals surface area contributed by atoms with Gasteiger partial charge in [-0.15, -0.1) is 6.42 Å². The molecule has 3 rings (SSSR count). The van der Waals surface area contributed by atoms with E-state index >= 15 is 0 Å². The molecule has 6 heteroatoms. The molecule has 2 aromatic heterocycles. The predicted molar refractivity (Wildman–Crippen MR) is 99.3 cm³/mol. The fourth-order valence-electron chi connectivity index (χ4n) is 2.75. The minimum atomic E-state index is -0.341. The smallest absolute Gasteiger partial charge is 0.294 e. The summed E-state index contributed by atoms with van der Waals surface area (Å²) in [5.74, 6) is 2.82. The van der Waals surface area contributed by atoms with Gasteiger partial charge in [-0.05, 0) is 61.9 Å². The maximum Gasteiger partial charge on any atom is 0.294 e. The number of carbonyl (C=O) groups is 2. The highest BCUT2D eigenvalue weighted by Gasteiger charge is 2.34. The van der Waals surface area contributed by atoms with Gasteiger partial charge in [0.2, 0.25) is 0 Å². The van der Waals surface area contributed by atoms with E-state index in [1.807, 2.05) is 49.7 Å². The van der Waals surface area contributed by atoms with Gasteiger partial charge in [0.25, 0.3) is 11.1 Å². The zero-order chi connectivity index (χ0) is 18.1. The highest BCUT2D eigenvalue weighted by molar-refractivity contribution is 8.18. The first-order valence-corrected chi connectivity index (χ1v) is 8.55. The molecule has 0 saturated carbocycles. The second kappa shape index (κ2) is 6.61. The molecule has 5 nitrogen and oxygen atoms in total. The Hall–Kier alpha value is -2.78. The third-order valence-electron chi connectivity index (χ3n) is 4.00. The lowest BCUT2D eigenvalue weighted by Gasteiger charge is -2.08. The Balaban J connectivity index is 1.99. The van der Waals surface area contributed by atoms with Crippen LogP contribution in [0.3, 0.4) is 0 Å². The third kappa shape index (κ3) is 3.11. The summed E-state index contributed by atoms with van der Waals surface area (Å²) in [7, 11) is 0. The topological polar surface area (TPSA) is 55.2 Å². The summed E-state index contributed by atoms with van der Waals surface area (Å²) < 4.78 is 2.02. The van der Waals surface area contributed by atoms with Crippen molar-refractivity contribution in [2.45, 2.75) is 20.8 Å². The van der Waals surface area contributed by atoms with Crippen LogP contribution in [-0.4, -0.2) is 32.1 Å². The van der Waals surface area contributed by atoms with Crippen LogP contribution in [0.4, 0.5) is 4.79 Å². The first kappa shape index (κ1) is 17.1. The van der Waals surface area contributed by atoms with Crippen LogP contribution in [0.1, 0.15) is 22.5 Å². The van der Waals surface area contributed by atoms with Crippen molar-refractivity contribution < 1.29 is 9.59 Å². The summed E-state index contributed by atoms with van der Waals surface area (Å²) >= 11 is 0.916. The van der Waals surface area contributed by atoms with Crippen LogP contribution in [-0.2, 0) is 4.79 Å². The number of imide groups is 1. The van der Waals surface area contributed by atoms with Crippen molar-refractivity contribution in [3.63, 3.8) is 0 Å². The predicted octanol–water partition coefficient (Wildman–Crippen LogP) is 3.47. The number of carbonyl (C=O) groups excluding carboxylic acids is 2. The molecule has 2 amide bonds. The van der Waals surface area contributed by atoms with Gasteiger partial charge in [0, 0.05) is 17.6 Å². The minimum absolute atomic E-state index is 0.00564. The van der Waals surface area contributed by atoms with Crippen LogP contribution in [0.5, 0.6) is 0 Å². The van der Waals surface area contributed by atoms with E-state index in [9.17, 15) is 9.59 Å². The third-order valence-corrected chi connectivity index (χ3v) is 4.91. The van der Waals surface area contributed by atoms with Crippen molar-refractivity contribution in [2.75, 3.05) is 6.54 Å². The molecule has 2 aromatic rings. The molecule has 1 saturated heterocycles. The van der Waals surface area contributed by atoms with Crippen LogP contribution >= 0.6 is 11.8 Å². The molecule has 0 aliphatic carbocycles. The molecule has 1 aliphatic heterocycles. The summed E-state index contributed by atoms with van der Waals surface area (Å²) in [6, 6.07) is 5.94. The van der Waals surface area contributed by atoms with Gasteiger partial charge in [0.15, 0.2) is 0 Å². The second-order valence-electron chi connectivity index (χ2n) is 5.83. The fourth-order valence-corrected chi connectivity index (χ4v) is 3.58. The summed E-state index contributed by atoms with van der Waals surface area (Å²) in [6.45, 7) is 5.93. The molecule has 3 heterocycles. The number of rotatable bonds is 3. The molecule has 1 fully saturated rings. The maximum atomic E-state index is 12.3. The SMILES string of the molecule is C#CCN1C(=O)S/C(=C/c2cc(C)n(-c3ccc(C)cn3)c2C)C1=O. The standard InChI is InChI=1S/C19H17N3O2S/c1-5-8-21-18(23)16(25-19(21)24)10-15-9-13(3)22(14(15)4)17-7-6-12(2)11-20-17/h1,6-7,9-11H,8H2,2-4H3/b16-10+. The lowest BCUT2D eigenvalue weighted by atomic mass is 10.2. The van der Waals surface area contributed by atoms with E-state index in [1.165, 1.54) is 0 Å². The Morgan fingerprint density at radius 3 is 2.68 bits per heavy atom. The molecular weight excluding hydrogens is 334 g/mol. The Morgan fingerprint density at radius 2 is 2.04 bits per heavy atom. The number of aryl methyl sites for hydroxylation is 2. The average molecular weight is 351 g/mol. The molecule has 1 aliphatic rings. The monoisotopic (exact) mass is 351 g/mol. The van der Waals surface area contributed by atoms with Crippen LogP contribution in [0.2, 0.25) is 0 Å². The van der Waals surface area contributed by atoms with Crippen molar-refractivity contribution in [3.05, 3.63) is 51.8 Å². The number of hydrogen-bond donors (Lipinski definition) is 0. The number of aromatic nitrogens is 2. The molecule has 0 unspecified atom stereocenters. The van der Waals surface area contributed by atoms with Crippen molar-refractivity contribution >= 4 is 29.0 Å². The molecule has 0 atom stereocenters. The Morgan fingerprint density at radius 1 is 1.28 bits per heavy atom. The van der Waals surface area contributed by atoms with E-state index < -0.39 is 0 Å². The molecule has 0 N–H and O–H groups in total. The van der Waals surface area contributed by atoms with Crippen molar-refractivity contribution in [2.24, 2.45) is 0 Å². The summed E-state index contributed by atoms with van der Waals surface area (Å²) in [5.41, 5.74) is 3.93.